The van der Waals surface area contributed by atoms with Crippen molar-refractivity contribution in [3.8, 4) is 5.69 Å². The fourth-order valence-electron chi connectivity index (χ4n) is 2.31. The molecule has 3 rings (SSSR count). The molecule has 6 nitrogen and oxygen atoms in total. The molecule has 0 fully saturated rings. The zero-order chi connectivity index (χ0) is 18.4. The first-order chi connectivity index (χ1) is 12.6. The molecule has 134 valence electrons. The van der Waals surface area contributed by atoms with Crippen molar-refractivity contribution in [2.75, 3.05) is 24.7 Å². The molecule has 0 aliphatic rings. The number of nitrogens with one attached hydrogen (secondary N) is 1. The van der Waals surface area contributed by atoms with Gasteiger partial charge in [-0.1, -0.05) is 42.1 Å². The predicted molar refractivity (Wildman–Crippen MR) is 105 cm³/mol. The molecule has 0 saturated carbocycles. The Labute approximate surface area is 157 Å². The van der Waals surface area contributed by atoms with E-state index >= 15 is 0 Å². The van der Waals surface area contributed by atoms with Crippen LogP contribution in [0.2, 0.25) is 0 Å². The van der Waals surface area contributed by atoms with Gasteiger partial charge in [-0.05, 0) is 29.8 Å². The Morgan fingerprint density at radius 1 is 1.12 bits per heavy atom. The summed E-state index contributed by atoms with van der Waals surface area (Å²) in [4.78, 5) is 18.3. The number of rotatable bonds is 7. The number of amides is 1. The summed E-state index contributed by atoms with van der Waals surface area (Å²) < 4.78 is 1.70. The Hall–Kier alpha value is -2.80. The quantitative estimate of drug-likeness (QED) is 0.651. The van der Waals surface area contributed by atoms with Crippen molar-refractivity contribution in [3.05, 3.63) is 66.5 Å². The van der Waals surface area contributed by atoms with Gasteiger partial charge in [-0.15, -0.1) is 5.10 Å². The van der Waals surface area contributed by atoms with Crippen LogP contribution in [0.1, 0.15) is 5.56 Å². The molecule has 0 spiro atoms. The summed E-state index contributed by atoms with van der Waals surface area (Å²) in [7, 11) is 4.00. The average Bonchev–Trinajstić information content (AvgIpc) is 3.15. The van der Waals surface area contributed by atoms with E-state index in [-0.39, 0.29) is 11.7 Å². The van der Waals surface area contributed by atoms with E-state index in [1.165, 1.54) is 11.8 Å². The first-order valence-electron chi connectivity index (χ1n) is 8.24. The Balaban J connectivity index is 1.46. The van der Waals surface area contributed by atoms with Crippen LogP contribution in [0.15, 0.2) is 66.1 Å². The third-order valence-corrected chi connectivity index (χ3v) is 4.62. The number of benzene rings is 2. The molecular weight excluding hydrogens is 346 g/mol. The molecule has 26 heavy (non-hydrogen) atoms. The van der Waals surface area contributed by atoms with Crippen LogP contribution in [0.4, 0.5) is 5.69 Å². The topological polar surface area (TPSA) is 63.1 Å². The second kappa shape index (κ2) is 8.53. The molecule has 0 bridgehead atoms. The lowest BCUT2D eigenvalue weighted by molar-refractivity contribution is -0.118. The molecule has 0 aliphatic carbocycles. The standard InChI is InChI=1S/C19H21N5OS/c1-23(2)16-10-8-15(9-11-16)12-20-18(25)13-26-19-21-14-24(22-19)17-6-4-3-5-7-17/h3-11,14H,12-13H2,1-2H3,(H,20,25). The summed E-state index contributed by atoms with van der Waals surface area (Å²) in [5.74, 6) is 0.247. The fourth-order valence-corrected chi connectivity index (χ4v) is 2.94. The van der Waals surface area contributed by atoms with Gasteiger partial charge in [0.1, 0.15) is 6.33 Å². The number of hydrogen-bond donors (Lipinski definition) is 1. The summed E-state index contributed by atoms with van der Waals surface area (Å²) >= 11 is 1.32. The fraction of sp³-hybridized carbons (Fsp3) is 0.211. The zero-order valence-electron chi connectivity index (χ0n) is 14.8. The zero-order valence-corrected chi connectivity index (χ0v) is 15.6. The minimum atomic E-state index is -0.0391. The number of carbonyl (C=O) groups is 1. The first-order valence-corrected chi connectivity index (χ1v) is 9.23. The van der Waals surface area contributed by atoms with Crippen LogP contribution in [-0.2, 0) is 11.3 Å². The van der Waals surface area contributed by atoms with E-state index < -0.39 is 0 Å². The Bertz CT molecular complexity index is 846. The second-order valence-electron chi connectivity index (χ2n) is 5.93. The second-order valence-corrected chi connectivity index (χ2v) is 6.88. The highest BCUT2D eigenvalue weighted by Crippen LogP contribution is 2.14. The highest BCUT2D eigenvalue weighted by atomic mass is 32.2. The summed E-state index contributed by atoms with van der Waals surface area (Å²) in [6.45, 7) is 0.513. The maximum atomic E-state index is 12.0. The summed E-state index contributed by atoms with van der Waals surface area (Å²) in [6, 6.07) is 17.9. The Morgan fingerprint density at radius 2 is 1.85 bits per heavy atom. The van der Waals surface area contributed by atoms with Crippen molar-refractivity contribution in [2.45, 2.75) is 11.7 Å². The first kappa shape index (κ1) is 18.0. The Morgan fingerprint density at radius 3 is 2.54 bits per heavy atom. The van der Waals surface area contributed by atoms with E-state index in [4.69, 9.17) is 0 Å². The molecule has 0 aliphatic heterocycles. The number of aromatic nitrogens is 3. The lowest BCUT2D eigenvalue weighted by atomic mass is 10.2. The van der Waals surface area contributed by atoms with Gasteiger partial charge >= 0.3 is 0 Å². The normalized spacial score (nSPS) is 10.5. The molecule has 1 amide bonds. The van der Waals surface area contributed by atoms with Crippen LogP contribution >= 0.6 is 11.8 Å². The van der Waals surface area contributed by atoms with E-state index in [0.717, 1.165) is 16.9 Å². The minimum Gasteiger partial charge on any atom is -0.378 e. The summed E-state index contributed by atoms with van der Waals surface area (Å²) in [6.07, 6.45) is 1.65. The predicted octanol–water partition coefficient (Wildman–Crippen LogP) is 2.74. The van der Waals surface area contributed by atoms with Gasteiger partial charge in [-0.25, -0.2) is 9.67 Å². The van der Waals surface area contributed by atoms with E-state index in [2.05, 4.69) is 15.4 Å². The lowest BCUT2D eigenvalue weighted by Gasteiger charge is -2.12. The van der Waals surface area contributed by atoms with Gasteiger partial charge < -0.3 is 10.2 Å². The van der Waals surface area contributed by atoms with E-state index in [1.807, 2.05) is 73.6 Å². The summed E-state index contributed by atoms with van der Waals surface area (Å²) in [5.41, 5.74) is 3.15. The van der Waals surface area contributed by atoms with Gasteiger partial charge in [0.15, 0.2) is 0 Å². The van der Waals surface area contributed by atoms with E-state index in [9.17, 15) is 4.79 Å². The van der Waals surface area contributed by atoms with Gasteiger partial charge in [0.2, 0.25) is 11.1 Å². The SMILES string of the molecule is CN(C)c1ccc(CNC(=O)CSc2ncn(-c3ccccc3)n2)cc1. The van der Waals surface area contributed by atoms with Gasteiger partial charge in [0.25, 0.3) is 0 Å². The molecule has 0 saturated heterocycles. The average molecular weight is 367 g/mol. The molecule has 7 heteroatoms. The molecule has 1 N–H and O–H groups in total. The summed E-state index contributed by atoms with van der Waals surface area (Å²) in [5, 5.41) is 7.88. The smallest absolute Gasteiger partial charge is 0.230 e. The van der Waals surface area contributed by atoms with Crippen molar-refractivity contribution >= 4 is 23.4 Å². The molecule has 2 aromatic carbocycles. The van der Waals surface area contributed by atoms with Gasteiger partial charge in [-0.2, -0.15) is 0 Å². The molecule has 0 unspecified atom stereocenters. The van der Waals surface area contributed by atoms with Crippen molar-refractivity contribution < 1.29 is 4.79 Å². The minimum absolute atomic E-state index is 0.0391. The van der Waals surface area contributed by atoms with Crippen LogP contribution in [0, 0.1) is 0 Å². The third kappa shape index (κ3) is 4.86. The molecule has 0 radical (unpaired) electrons. The van der Waals surface area contributed by atoms with Crippen LogP contribution in [0.5, 0.6) is 0 Å². The molecule has 1 heterocycles. The van der Waals surface area contributed by atoms with Crippen molar-refractivity contribution in [3.63, 3.8) is 0 Å². The van der Waals surface area contributed by atoms with Crippen LogP contribution in [0.25, 0.3) is 5.69 Å². The number of para-hydroxylation sites is 1. The number of nitrogens with zero attached hydrogens (tertiary/aromatic N) is 4. The van der Waals surface area contributed by atoms with Crippen molar-refractivity contribution in [1.29, 1.82) is 0 Å². The molecular formula is C19H21N5OS. The van der Waals surface area contributed by atoms with Gasteiger partial charge in [0, 0.05) is 26.3 Å². The molecule has 3 aromatic rings. The maximum absolute atomic E-state index is 12.0. The Kier molecular flexibility index (Phi) is 5.91. The molecule has 1 aromatic heterocycles. The van der Waals surface area contributed by atoms with Crippen molar-refractivity contribution in [2.24, 2.45) is 0 Å². The van der Waals surface area contributed by atoms with E-state index in [0.29, 0.717) is 11.7 Å². The number of carbonyl (C=O) groups excluding carboxylic acids is 1. The highest BCUT2D eigenvalue weighted by Gasteiger charge is 2.07. The largest absolute Gasteiger partial charge is 0.378 e. The lowest BCUT2D eigenvalue weighted by Crippen LogP contribution is -2.24. The van der Waals surface area contributed by atoms with E-state index in [1.54, 1.807) is 11.0 Å². The molecule has 0 atom stereocenters. The monoisotopic (exact) mass is 367 g/mol. The van der Waals surface area contributed by atoms with Crippen LogP contribution in [0.3, 0.4) is 0 Å². The van der Waals surface area contributed by atoms with Crippen LogP contribution < -0.4 is 10.2 Å². The third-order valence-electron chi connectivity index (χ3n) is 3.77. The number of anilines is 1. The maximum Gasteiger partial charge on any atom is 0.230 e. The van der Waals surface area contributed by atoms with Gasteiger partial charge in [0.05, 0.1) is 11.4 Å². The number of thioether (sulfide) groups is 1. The van der Waals surface area contributed by atoms with Crippen molar-refractivity contribution in [1.82, 2.24) is 20.1 Å². The highest BCUT2D eigenvalue weighted by molar-refractivity contribution is 7.99. The van der Waals surface area contributed by atoms with Gasteiger partial charge in [-0.3, -0.25) is 4.79 Å². The number of hydrogen-bond acceptors (Lipinski definition) is 5. The van der Waals surface area contributed by atoms with Crippen LogP contribution in [-0.4, -0.2) is 40.5 Å².